The van der Waals surface area contributed by atoms with E-state index in [1.807, 2.05) is 19.1 Å². The van der Waals surface area contributed by atoms with Gasteiger partial charge in [-0.3, -0.25) is 0 Å². The lowest BCUT2D eigenvalue weighted by Gasteiger charge is -2.09. The normalized spacial score (nSPS) is 10.2. The lowest BCUT2D eigenvalue weighted by atomic mass is 10.1. The van der Waals surface area contributed by atoms with E-state index in [9.17, 15) is 4.79 Å². The largest absolute Gasteiger partial charge is 0.494 e. The Morgan fingerprint density at radius 2 is 2.00 bits per heavy atom. The number of hydrogen-bond acceptors (Lipinski definition) is 3. The molecular weight excluding hydrogens is 252 g/mol. The highest BCUT2D eigenvalue weighted by Crippen LogP contribution is 2.19. The van der Waals surface area contributed by atoms with Crippen LogP contribution in [-0.4, -0.2) is 25.1 Å². The SMILES string of the molecule is CCOC(=O)c1cc(CCCCl)cc(OCC)c1. The van der Waals surface area contributed by atoms with E-state index in [0.29, 0.717) is 30.4 Å². The van der Waals surface area contributed by atoms with Crippen LogP contribution in [-0.2, 0) is 11.2 Å². The summed E-state index contributed by atoms with van der Waals surface area (Å²) in [5.74, 6) is 0.993. The molecule has 0 atom stereocenters. The smallest absolute Gasteiger partial charge is 0.338 e. The predicted molar refractivity (Wildman–Crippen MR) is 72.6 cm³/mol. The number of alkyl halides is 1. The summed E-state index contributed by atoms with van der Waals surface area (Å²) in [5, 5.41) is 0. The van der Waals surface area contributed by atoms with Gasteiger partial charge in [-0.25, -0.2) is 4.79 Å². The summed E-state index contributed by atoms with van der Waals surface area (Å²) in [4.78, 5) is 11.7. The number of carbonyl (C=O) groups is 1. The number of esters is 1. The zero-order chi connectivity index (χ0) is 13.4. The van der Waals surface area contributed by atoms with Gasteiger partial charge in [-0.2, -0.15) is 0 Å². The number of carbonyl (C=O) groups excluding carboxylic acids is 1. The van der Waals surface area contributed by atoms with E-state index in [-0.39, 0.29) is 5.97 Å². The van der Waals surface area contributed by atoms with Crippen molar-refractivity contribution in [3.8, 4) is 5.75 Å². The minimum absolute atomic E-state index is 0.314. The van der Waals surface area contributed by atoms with Crippen LogP contribution >= 0.6 is 11.6 Å². The van der Waals surface area contributed by atoms with E-state index < -0.39 is 0 Å². The summed E-state index contributed by atoms with van der Waals surface area (Å²) in [6.07, 6.45) is 1.70. The van der Waals surface area contributed by atoms with Gasteiger partial charge in [0, 0.05) is 5.88 Å². The van der Waals surface area contributed by atoms with Crippen LogP contribution in [0.4, 0.5) is 0 Å². The van der Waals surface area contributed by atoms with E-state index in [2.05, 4.69) is 0 Å². The van der Waals surface area contributed by atoms with Crippen molar-refractivity contribution >= 4 is 17.6 Å². The summed E-state index contributed by atoms with van der Waals surface area (Å²) in [5.41, 5.74) is 1.58. The van der Waals surface area contributed by atoms with Gasteiger partial charge in [0.2, 0.25) is 0 Å². The molecule has 3 nitrogen and oxygen atoms in total. The molecule has 0 bridgehead atoms. The fraction of sp³-hybridized carbons (Fsp3) is 0.500. The molecule has 4 heteroatoms. The number of rotatable bonds is 7. The predicted octanol–water partition coefficient (Wildman–Crippen LogP) is 3.43. The number of aryl methyl sites for hydroxylation is 1. The van der Waals surface area contributed by atoms with Crippen LogP contribution in [0, 0.1) is 0 Å². The Balaban J connectivity index is 2.93. The van der Waals surface area contributed by atoms with Crippen molar-refractivity contribution in [2.45, 2.75) is 26.7 Å². The molecule has 100 valence electrons. The van der Waals surface area contributed by atoms with Crippen molar-refractivity contribution in [3.05, 3.63) is 29.3 Å². The lowest BCUT2D eigenvalue weighted by molar-refractivity contribution is 0.0525. The van der Waals surface area contributed by atoms with Crippen LogP contribution in [0.25, 0.3) is 0 Å². The number of hydrogen-bond donors (Lipinski definition) is 0. The third-order valence-electron chi connectivity index (χ3n) is 2.39. The fourth-order valence-electron chi connectivity index (χ4n) is 1.66. The van der Waals surface area contributed by atoms with Gasteiger partial charge in [0.15, 0.2) is 0 Å². The Labute approximate surface area is 113 Å². The first-order valence-electron chi connectivity index (χ1n) is 6.21. The number of ether oxygens (including phenoxy) is 2. The summed E-state index contributed by atoms with van der Waals surface area (Å²) in [6.45, 7) is 4.64. The Bertz CT molecular complexity index is 391. The molecule has 1 aromatic carbocycles. The summed E-state index contributed by atoms with van der Waals surface area (Å²) >= 11 is 5.68. The van der Waals surface area contributed by atoms with Crippen LogP contribution in [0.1, 0.15) is 36.2 Å². The van der Waals surface area contributed by atoms with Crippen molar-refractivity contribution in [2.75, 3.05) is 19.1 Å². The van der Waals surface area contributed by atoms with Gasteiger partial charge in [-0.05, 0) is 50.5 Å². The van der Waals surface area contributed by atoms with Crippen LogP contribution in [0.3, 0.4) is 0 Å². The van der Waals surface area contributed by atoms with Gasteiger partial charge in [0.25, 0.3) is 0 Å². The number of halogens is 1. The molecule has 0 unspecified atom stereocenters. The van der Waals surface area contributed by atoms with Crippen molar-refractivity contribution in [2.24, 2.45) is 0 Å². The zero-order valence-electron chi connectivity index (χ0n) is 10.9. The standard InChI is InChI=1S/C14H19ClO3/c1-3-17-13-9-11(6-5-7-15)8-12(10-13)14(16)18-4-2/h8-10H,3-7H2,1-2H3. The van der Waals surface area contributed by atoms with Gasteiger partial charge >= 0.3 is 5.97 Å². The van der Waals surface area contributed by atoms with Gasteiger partial charge < -0.3 is 9.47 Å². The second-order valence-corrected chi connectivity index (χ2v) is 4.19. The molecule has 0 N–H and O–H groups in total. The minimum Gasteiger partial charge on any atom is -0.494 e. The Hall–Kier alpha value is -1.22. The minimum atomic E-state index is -0.314. The maximum Gasteiger partial charge on any atom is 0.338 e. The molecule has 1 rings (SSSR count). The fourth-order valence-corrected chi connectivity index (χ4v) is 1.79. The topological polar surface area (TPSA) is 35.5 Å². The van der Waals surface area contributed by atoms with E-state index in [1.165, 1.54) is 0 Å². The highest BCUT2D eigenvalue weighted by atomic mass is 35.5. The van der Waals surface area contributed by atoms with Crippen molar-refractivity contribution in [1.82, 2.24) is 0 Å². The second-order valence-electron chi connectivity index (χ2n) is 3.81. The van der Waals surface area contributed by atoms with Gasteiger partial charge in [-0.1, -0.05) is 0 Å². The van der Waals surface area contributed by atoms with Crippen molar-refractivity contribution < 1.29 is 14.3 Å². The van der Waals surface area contributed by atoms with E-state index in [0.717, 1.165) is 18.4 Å². The third-order valence-corrected chi connectivity index (χ3v) is 2.65. The van der Waals surface area contributed by atoms with E-state index >= 15 is 0 Å². The van der Waals surface area contributed by atoms with E-state index in [4.69, 9.17) is 21.1 Å². The summed E-state index contributed by atoms with van der Waals surface area (Å²) in [6, 6.07) is 5.50. The molecule has 18 heavy (non-hydrogen) atoms. The average Bonchev–Trinajstić information content (AvgIpc) is 2.37. The summed E-state index contributed by atoms with van der Waals surface area (Å²) in [7, 11) is 0. The Morgan fingerprint density at radius 1 is 1.22 bits per heavy atom. The molecule has 0 radical (unpaired) electrons. The molecule has 0 aromatic heterocycles. The molecular formula is C14H19ClO3. The molecule has 0 spiro atoms. The zero-order valence-corrected chi connectivity index (χ0v) is 11.6. The molecule has 0 heterocycles. The van der Waals surface area contributed by atoms with Crippen molar-refractivity contribution in [1.29, 1.82) is 0 Å². The Kier molecular flexibility index (Phi) is 6.58. The molecule has 0 aliphatic heterocycles. The first-order chi connectivity index (χ1) is 8.71. The molecule has 1 aromatic rings. The third kappa shape index (κ3) is 4.57. The highest BCUT2D eigenvalue weighted by Gasteiger charge is 2.10. The monoisotopic (exact) mass is 270 g/mol. The number of benzene rings is 1. The molecule has 0 aliphatic rings. The first kappa shape index (κ1) is 14.8. The van der Waals surface area contributed by atoms with Crippen LogP contribution in [0.15, 0.2) is 18.2 Å². The van der Waals surface area contributed by atoms with Gasteiger partial charge in [0.05, 0.1) is 18.8 Å². The average molecular weight is 271 g/mol. The maximum absolute atomic E-state index is 11.7. The quantitative estimate of drug-likeness (QED) is 0.562. The molecule has 0 saturated carbocycles. The van der Waals surface area contributed by atoms with Crippen LogP contribution < -0.4 is 4.74 Å². The highest BCUT2D eigenvalue weighted by molar-refractivity contribution is 6.17. The van der Waals surface area contributed by atoms with Gasteiger partial charge in [0.1, 0.15) is 5.75 Å². The molecule has 0 saturated heterocycles. The Morgan fingerprint density at radius 3 is 2.61 bits per heavy atom. The van der Waals surface area contributed by atoms with E-state index in [1.54, 1.807) is 13.0 Å². The van der Waals surface area contributed by atoms with Crippen LogP contribution in [0.2, 0.25) is 0 Å². The first-order valence-corrected chi connectivity index (χ1v) is 6.74. The van der Waals surface area contributed by atoms with Crippen molar-refractivity contribution in [3.63, 3.8) is 0 Å². The van der Waals surface area contributed by atoms with Crippen LogP contribution in [0.5, 0.6) is 5.75 Å². The lowest BCUT2D eigenvalue weighted by Crippen LogP contribution is -2.06. The molecule has 0 aliphatic carbocycles. The van der Waals surface area contributed by atoms with Gasteiger partial charge in [-0.15, -0.1) is 11.6 Å². The maximum atomic E-state index is 11.7. The molecule has 0 amide bonds. The second kappa shape index (κ2) is 7.98. The summed E-state index contributed by atoms with van der Waals surface area (Å²) < 4.78 is 10.5. The molecule has 0 fully saturated rings.